The van der Waals surface area contributed by atoms with Gasteiger partial charge < -0.3 is 9.84 Å². The molecule has 0 spiro atoms. The van der Waals surface area contributed by atoms with Crippen molar-refractivity contribution < 1.29 is 18.3 Å². The summed E-state index contributed by atoms with van der Waals surface area (Å²) in [6.45, 7) is 3.83. The highest BCUT2D eigenvalue weighted by Gasteiger charge is 2.21. The zero-order chi connectivity index (χ0) is 23.8. The molecule has 0 aliphatic carbocycles. The zero-order valence-corrected chi connectivity index (χ0v) is 19.9. The number of hydrogen-bond donors (Lipinski definition) is 1. The molecule has 1 N–H and O–H groups in total. The lowest BCUT2D eigenvalue weighted by Crippen LogP contribution is -2.28. The van der Waals surface area contributed by atoms with Crippen LogP contribution in [0.2, 0.25) is 0 Å². The van der Waals surface area contributed by atoms with Crippen LogP contribution in [-0.2, 0) is 16.6 Å². The highest BCUT2D eigenvalue weighted by molar-refractivity contribution is 7.95. The van der Waals surface area contributed by atoms with Gasteiger partial charge in [0.15, 0.2) is 0 Å². The molecule has 0 amide bonds. The minimum atomic E-state index is -3.80. The summed E-state index contributed by atoms with van der Waals surface area (Å²) in [5, 5.41) is 11.1. The van der Waals surface area contributed by atoms with Crippen molar-refractivity contribution in [3.8, 4) is 11.5 Å². The van der Waals surface area contributed by atoms with Crippen LogP contribution in [-0.4, -0.2) is 44.7 Å². The Hall–Kier alpha value is -3.29. The molecule has 0 bridgehead atoms. The number of hydrogen-bond acceptors (Lipinski definition) is 5. The van der Waals surface area contributed by atoms with E-state index in [0.29, 0.717) is 23.6 Å². The van der Waals surface area contributed by atoms with Crippen molar-refractivity contribution in [2.24, 2.45) is 0 Å². The number of rotatable bonds is 10. The van der Waals surface area contributed by atoms with Gasteiger partial charge in [0.2, 0.25) is 0 Å². The number of aromatic hydroxyl groups is 1. The van der Waals surface area contributed by atoms with Crippen LogP contribution in [0, 0.1) is 0 Å². The standard InChI is InChI=1S/C27H30N2O4S/c30-26-10-6-9-24(21-26)22-29(34(31,32)20-15-23-7-2-1-3-8-23)25-11-13-27(14-12-25)33-19-18-28-16-4-5-17-28/h1-3,6-15,20-21,30H,4-5,16-19,22H2. The Labute approximate surface area is 201 Å². The van der Waals surface area contributed by atoms with E-state index in [2.05, 4.69) is 4.90 Å². The normalized spacial score (nSPS) is 14.5. The maximum absolute atomic E-state index is 13.3. The van der Waals surface area contributed by atoms with E-state index in [0.717, 1.165) is 25.2 Å². The van der Waals surface area contributed by atoms with Gasteiger partial charge in [-0.2, -0.15) is 0 Å². The molecular weight excluding hydrogens is 448 g/mol. The predicted molar refractivity (Wildman–Crippen MR) is 136 cm³/mol. The van der Waals surface area contributed by atoms with Crippen LogP contribution in [0.25, 0.3) is 6.08 Å². The number of anilines is 1. The van der Waals surface area contributed by atoms with E-state index in [9.17, 15) is 13.5 Å². The molecule has 1 fully saturated rings. The largest absolute Gasteiger partial charge is 0.508 e. The van der Waals surface area contributed by atoms with Crippen molar-refractivity contribution in [1.82, 2.24) is 4.90 Å². The summed E-state index contributed by atoms with van der Waals surface area (Å²) < 4.78 is 33.9. The predicted octanol–water partition coefficient (Wildman–Crippen LogP) is 4.87. The molecule has 1 aliphatic heterocycles. The molecule has 3 aromatic rings. The van der Waals surface area contributed by atoms with Crippen molar-refractivity contribution in [3.05, 3.63) is 95.4 Å². The van der Waals surface area contributed by atoms with Gasteiger partial charge in [0, 0.05) is 6.54 Å². The Kier molecular flexibility index (Phi) is 7.87. The first-order valence-corrected chi connectivity index (χ1v) is 13.0. The fourth-order valence-electron chi connectivity index (χ4n) is 3.96. The van der Waals surface area contributed by atoms with Crippen LogP contribution in [0.1, 0.15) is 24.0 Å². The van der Waals surface area contributed by atoms with E-state index in [4.69, 9.17) is 4.74 Å². The first-order chi connectivity index (χ1) is 16.5. The number of phenolic OH excluding ortho intramolecular Hbond substituents is 1. The molecule has 3 aromatic carbocycles. The average Bonchev–Trinajstić information content (AvgIpc) is 3.36. The van der Waals surface area contributed by atoms with Crippen LogP contribution in [0.15, 0.2) is 84.3 Å². The second-order valence-corrected chi connectivity index (χ2v) is 10.1. The third-order valence-electron chi connectivity index (χ3n) is 5.78. The second-order valence-electron chi connectivity index (χ2n) is 8.33. The van der Waals surface area contributed by atoms with E-state index in [-0.39, 0.29) is 12.3 Å². The van der Waals surface area contributed by atoms with Gasteiger partial charge in [-0.3, -0.25) is 9.21 Å². The number of ether oxygens (including phenoxy) is 1. The minimum absolute atomic E-state index is 0.0883. The van der Waals surface area contributed by atoms with Crippen molar-refractivity contribution in [2.75, 3.05) is 30.5 Å². The molecule has 1 heterocycles. The van der Waals surface area contributed by atoms with E-state index in [1.165, 1.54) is 22.6 Å². The molecule has 34 heavy (non-hydrogen) atoms. The Balaban J connectivity index is 1.52. The summed E-state index contributed by atoms with van der Waals surface area (Å²) in [5.74, 6) is 0.800. The summed E-state index contributed by atoms with van der Waals surface area (Å²) in [5.41, 5.74) is 2.00. The molecule has 1 aliphatic rings. The van der Waals surface area contributed by atoms with Gasteiger partial charge in [-0.15, -0.1) is 0 Å². The summed E-state index contributed by atoms with van der Waals surface area (Å²) in [6, 6.07) is 23.0. The molecule has 0 atom stereocenters. The molecular formula is C27H30N2O4S. The van der Waals surface area contributed by atoms with Gasteiger partial charge in [0.05, 0.1) is 17.6 Å². The van der Waals surface area contributed by atoms with Gasteiger partial charge in [-0.1, -0.05) is 42.5 Å². The number of benzene rings is 3. The lowest BCUT2D eigenvalue weighted by molar-refractivity contribution is 0.238. The van der Waals surface area contributed by atoms with Gasteiger partial charge >= 0.3 is 0 Å². The maximum atomic E-state index is 13.3. The first kappa shape index (κ1) is 23.9. The Morgan fingerprint density at radius 3 is 2.38 bits per heavy atom. The van der Waals surface area contributed by atoms with E-state index in [1.54, 1.807) is 54.6 Å². The molecule has 0 aromatic heterocycles. The first-order valence-electron chi connectivity index (χ1n) is 11.5. The molecule has 6 nitrogen and oxygen atoms in total. The Morgan fingerprint density at radius 1 is 0.941 bits per heavy atom. The maximum Gasteiger partial charge on any atom is 0.257 e. The topological polar surface area (TPSA) is 70.1 Å². The highest BCUT2D eigenvalue weighted by Crippen LogP contribution is 2.26. The van der Waals surface area contributed by atoms with Crippen LogP contribution in [0.3, 0.4) is 0 Å². The zero-order valence-electron chi connectivity index (χ0n) is 19.1. The van der Waals surface area contributed by atoms with Crippen LogP contribution in [0.5, 0.6) is 11.5 Å². The van der Waals surface area contributed by atoms with Crippen molar-refractivity contribution in [2.45, 2.75) is 19.4 Å². The van der Waals surface area contributed by atoms with Crippen molar-refractivity contribution in [3.63, 3.8) is 0 Å². The van der Waals surface area contributed by atoms with Gasteiger partial charge in [0.1, 0.15) is 18.1 Å². The van der Waals surface area contributed by atoms with Crippen LogP contribution >= 0.6 is 0 Å². The summed E-state index contributed by atoms with van der Waals surface area (Å²) in [4.78, 5) is 2.39. The number of sulfonamides is 1. The van der Waals surface area contributed by atoms with E-state index < -0.39 is 10.0 Å². The van der Waals surface area contributed by atoms with Crippen molar-refractivity contribution in [1.29, 1.82) is 0 Å². The quantitative estimate of drug-likeness (QED) is 0.450. The molecule has 0 radical (unpaired) electrons. The molecule has 1 saturated heterocycles. The minimum Gasteiger partial charge on any atom is -0.508 e. The second kappa shape index (κ2) is 11.2. The van der Waals surface area contributed by atoms with Crippen LogP contribution < -0.4 is 9.04 Å². The molecule has 4 rings (SSSR count). The lowest BCUT2D eigenvalue weighted by atomic mass is 10.2. The summed E-state index contributed by atoms with van der Waals surface area (Å²) in [7, 11) is -3.80. The van der Waals surface area contributed by atoms with Crippen LogP contribution in [0.4, 0.5) is 5.69 Å². The third kappa shape index (κ3) is 6.62. The van der Waals surface area contributed by atoms with E-state index >= 15 is 0 Å². The van der Waals surface area contributed by atoms with Gasteiger partial charge in [-0.25, -0.2) is 8.42 Å². The lowest BCUT2D eigenvalue weighted by Gasteiger charge is -2.23. The number of phenols is 1. The Morgan fingerprint density at radius 2 is 1.68 bits per heavy atom. The van der Waals surface area contributed by atoms with Crippen molar-refractivity contribution >= 4 is 21.8 Å². The average molecular weight is 479 g/mol. The fraction of sp³-hybridized carbons (Fsp3) is 0.259. The number of nitrogens with zero attached hydrogens (tertiary/aromatic N) is 2. The van der Waals surface area contributed by atoms with Gasteiger partial charge in [0.25, 0.3) is 10.0 Å². The molecule has 7 heteroatoms. The Bertz CT molecular complexity index is 1190. The monoisotopic (exact) mass is 478 g/mol. The molecule has 178 valence electrons. The number of likely N-dealkylation sites (tertiary alicyclic amines) is 1. The highest BCUT2D eigenvalue weighted by atomic mass is 32.2. The molecule has 0 saturated carbocycles. The molecule has 0 unspecified atom stereocenters. The van der Waals surface area contributed by atoms with Gasteiger partial charge in [-0.05, 0) is 79.5 Å². The fourth-order valence-corrected chi connectivity index (χ4v) is 5.18. The van der Waals surface area contributed by atoms with E-state index in [1.807, 2.05) is 30.3 Å². The third-order valence-corrected chi connectivity index (χ3v) is 7.21. The summed E-state index contributed by atoms with van der Waals surface area (Å²) >= 11 is 0. The summed E-state index contributed by atoms with van der Waals surface area (Å²) in [6.07, 6.45) is 4.08. The SMILES string of the molecule is O=S(=O)(C=Cc1ccccc1)N(Cc1cccc(O)c1)c1ccc(OCCN2CCCC2)cc1. The smallest absolute Gasteiger partial charge is 0.257 e.